The molecule has 0 unspecified atom stereocenters. The number of piperazine rings is 1. The van der Waals surface area contributed by atoms with Crippen molar-refractivity contribution in [2.75, 3.05) is 51.2 Å². The normalized spacial score (nSPS) is 18.9. The molecule has 2 aromatic rings. The van der Waals surface area contributed by atoms with Crippen molar-refractivity contribution >= 4 is 21.6 Å². The highest BCUT2D eigenvalue weighted by Gasteiger charge is 2.32. The molecule has 4 rings (SSSR count). The average Bonchev–Trinajstić information content (AvgIpc) is 2.84. The molecule has 8 heteroatoms. The summed E-state index contributed by atoms with van der Waals surface area (Å²) in [5.41, 5.74) is 3.32. The lowest BCUT2D eigenvalue weighted by Crippen LogP contribution is -2.44. The zero-order valence-corrected chi connectivity index (χ0v) is 20.4. The highest BCUT2D eigenvalue weighted by Crippen LogP contribution is 2.24. The SMILES string of the molecule is Cc1ccc(S(=O)(=O)N2CCC(C(=O)NCc3ccc(N4CCN(C)CC4)cc3)CC2)cc1. The molecule has 2 aliphatic rings. The molecule has 0 atom stereocenters. The van der Waals surface area contributed by atoms with Crippen molar-refractivity contribution in [1.29, 1.82) is 0 Å². The van der Waals surface area contributed by atoms with Crippen LogP contribution in [0.1, 0.15) is 24.0 Å². The largest absolute Gasteiger partial charge is 0.369 e. The second-order valence-electron chi connectivity index (χ2n) is 9.17. The Morgan fingerprint density at radius 2 is 1.52 bits per heavy atom. The minimum Gasteiger partial charge on any atom is -0.369 e. The van der Waals surface area contributed by atoms with E-state index in [9.17, 15) is 13.2 Å². The second kappa shape index (κ2) is 10.2. The minimum atomic E-state index is -3.50. The number of sulfonamides is 1. The first-order chi connectivity index (χ1) is 15.8. The van der Waals surface area contributed by atoms with E-state index in [-0.39, 0.29) is 11.8 Å². The van der Waals surface area contributed by atoms with Gasteiger partial charge in [0.25, 0.3) is 0 Å². The molecule has 2 fully saturated rings. The van der Waals surface area contributed by atoms with Crippen LogP contribution in [0.3, 0.4) is 0 Å². The molecular formula is C25H34N4O3S. The Bertz CT molecular complexity index is 1040. The Balaban J connectivity index is 1.25. The number of carbonyl (C=O) groups is 1. The fourth-order valence-electron chi connectivity index (χ4n) is 4.44. The molecule has 2 heterocycles. The Hall–Kier alpha value is -2.42. The maximum Gasteiger partial charge on any atom is 0.243 e. The molecule has 2 aliphatic heterocycles. The van der Waals surface area contributed by atoms with Crippen LogP contribution in [-0.4, -0.2) is 69.8 Å². The van der Waals surface area contributed by atoms with Gasteiger partial charge in [0.15, 0.2) is 0 Å². The molecule has 7 nitrogen and oxygen atoms in total. The number of amides is 1. The van der Waals surface area contributed by atoms with Crippen molar-refractivity contribution in [2.45, 2.75) is 31.2 Å². The van der Waals surface area contributed by atoms with E-state index in [0.29, 0.717) is 37.4 Å². The van der Waals surface area contributed by atoms with Gasteiger partial charge >= 0.3 is 0 Å². The number of anilines is 1. The number of carbonyl (C=O) groups excluding carboxylic acids is 1. The number of piperidine rings is 1. The number of likely N-dealkylation sites (N-methyl/N-ethyl adjacent to an activating group) is 1. The van der Waals surface area contributed by atoms with E-state index >= 15 is 0 Å². The summed E-state index contributed by atoms with van der Waals surface area (Å²) in [6.45, 7) is 7.37. The third-order valence-electron chi connectivity index (χ3n) is 6.75. The third kappa shape index (κ3) is 5.75. The van der Waals surface area contributed by atoms with Crippen LogP contribution in [0.2, 0.25) is 0 Å². The Kier molecular flexibility index (Phi) is 7.36. The van der Waals surface area contributed by atoms with E-state index in [1.54, 1.807) is 12.1 Å². The van der Waals surface area contributed by atoms with Gasteiger partial charge < -0.3 is 15.1 Å². The molecule has 33 heavy (non-hydrogen) atoms. The van der Waals surface area contributed by atoms with E-state index in [0.717, 1.165) is 37.3 Å². The Morgan fingerprint density at radius 3 is 2.12 bits per heavy atom. The summed E-state index contributed by atoms with van der Waals surface area (Å²) in [5, 5.41) is 3.04. The number of nitrogens with one attached hydrogen (secondary N) is 1. The van der Waals surface area contributed by atoms with E-state index in [1.165, 1.54) is 9.99 Å². The van der Waals surface area contributed by atoms with Crippen molar-refractivity contribution in [1.82, 2.24) is 14.5 Å². The first-order valence-electron chi connectivity index (χ1n) is 11.7. The quantitative estimate of drug-likeness (QED) is 0.702. The maximum atomic E-state index is 12.9. The number of aryl methyl sites for hydroxylation is 1. The van der Waals surface area contributed by atoms with Crippen LogP contribution in [-0.2, 0) is 21.4 Å². The van der Waals surface area contributed by atoms with Crippen LogP contribution in [0, 0.1) is 12.8 Å². The average molecular weight is 471 g/mol. The number of rotatable bonds is 6. The van der Waals surface area contributed by atoms with Crippen LogP contribution in [0.5, 0.6) is 0 Å². The molecule has 2 saturated heterocycles. The van der Waals surface area contributed by atoms with Gasteiger partial charge in [-0.3, -0.25) is 4.79 Å². The summed E-state index contributed by atoms with van der Waals surface area (Å²) in [6.07, 6.45) is 1.08. The second-order valence-corrected chi connectivity index (χ2v) is 11.1. The predicted molar refractivity (Wildman–Crippen MR) is 131 cm³/mol. The summed E-state index contributed by atoms with van der Waals surface area (Å²) in [6, 6.07) is 15.3. The van der Waals surface area contributed by atoms with Crippen molar-refractivity contribution in [2.24, 2.45) is 5.92 Å². The molecule has 0 spiro atoms. The lowest BCUT2D eigenvalue weighted by molar-refractivity contribution is -0.126. The van der Waals surface area contributed by atoms with Gasteiger partial charge in [-0.1, -0.05) is 29.8 Å². The fraction of sp³-hybridized carbons (Fsp3) is 0.480. The number of benzene rings is 2. The van der Waals surface area contributed by atoms with Crippen LogP contribution < -0.4 is 10.2 Å². The van der Waals surface area contributed by atoms with Crippen LogP contribution in [0.25, 0.3) is 0 Å². The first kappa shape index (κ1) is 23.7. The topological polar surface area (TPSA) is 73.0 Å². The lowest BCUT2D eigenvalue weighted by atomic mass is 9.97. The van der Waals surface area contributed by atoms with E-state index in [4.69, 9.17) is 0 Å². The van der Waals surface area contributed by atoms with Crippen molar-refractivity contribution in [3.05, 3.63) is 59.7 Å². The van der Waals surface area contributed by atoms with Gasteiger partial charge in [-0.2, -0.15) is 4.31 Å². The number of hydrogen-bond acceptors (Lipinski definition) is 5. The molecule has 0 saturated carbocycles. The molecular weight excluding hydrogens is 436 g/mol. The molecule has 1 N–H and O–H groups in total. The summed E-state index contributed by atoms with van der Waals surface area (Å²) >= 11 is 0. The number of nitrogens with zero attached hydrogens (tertiary/aromatic N) is 3. The van der Waals surface area contributed by atoms with E-state index < -0.39 is 10.0 Å². The Morgan fingerprint density at radius 1 is 0.909 bits per heavy atom. The molecule has 2 aromatic carbocycles. The van der Waals surface area contributed by atoms with E-state index in [1.807, 2.05) is 19.1 Å². The van der Waals surface area contributed by atoms with Gasteiger partial charge in [-0.25, -0.2) is 8.42 Å². The Labute approximate surface area is 197 Å². The molecule has 0 aromatic heterocycles. The highest BCUT2D eigenvalue weighted by atomic mass is 32.2. The minimum absolute atomic E-state index is 0.00512. The number of hydrogen-bond donors (Lipinski definition) is 1. The maximum absolute atomic E-state index is 12.9. The molecule has 0 radical (unpaired) electrons. The fourth-order valence-corrected chi connectivity index (χ4v) is 5.91. The van der Waals surface area contributed by atoms with Crippen LogP contribution in [0.4, 0.5) is 5.69 Å². The van der Waals surface area contributed by atoms with Gasteiger partial charge in [-0.15, -0.1) is 0 Å². The predicted octanol–water partition coefficient (Wildman–Crippen LogP) is 2.46. The van der Waals surface area contributed by atoms with Crippen molar-refractivity contribution < 1.29 is 13.2 Å². The van der Waals surface area contributed by atoms with Gasteiger partial charge in [0.2, 0.25) is 15.9 Å². The van der Waals surface area contributed by atoms with Crippen LogP contribution in [0.15, 0.2) is 53.4 Å². The zero-order chi connectivity index (χ0) is 23.4. The standard InChI is InChI=1S/C25H34N4O3S/c1-20-3-9-24(10-4-20)33(31,32)29-13-11-22(12-14-29)25(30)26-19-21-5-7-23(8-6-21)28-17-15-27(2)16-18-28/h3-10,22H,11-19H2,1-2H3,(H,26,30). The summed E-state index contributed by atoms with van der Waals surface area (Å²) < 4.78 is 27.2. The monoisotopic (exact) mass is 470 g/mol. The van der Waals surface area contributed by atoms with Crippen molar-refractivity contribution in [3.63, 3.8) is 0 Å². The van der Waals surface area contributed by atoms with E-state index in [2.05, 4.69) is 46.4 Å². The zero-order valence-electron chi connectivity index (χ0n) is 19.5. The molecule has 0 aliphatic carbocycles. The summed E-state index contributed by atoms with van der Waals surface area (Å²) in [5.74, 6) is -0.149. The van der Waals surface area contributed by atoms with Gasteiger partial charge in [0.05, 0.1) is 4.90 Å². The van der Waals surface area contributed by atoms with Gasteiger partial charge in [0, 0.05) is 57.4 Å². The van der Waals surface area contributed by atoms with Crippen LogP contribution >= 0.6 is 0 Å². The molecule has 178 valence electrons. The third-order valence-corrected chi connectivity index (χ3v) is 8.67. The summed E-state index contributed by atoms with van der Waals surface area (Å²) in [7, 11) is -1.36. The smallest absolute Gasteiger partial charge is 0.243 e. The first-order valence-corrected chi connectivity index (χ1v) is 13.1. The molecule has 1 amide bonds. The van der Waals surface area contributed by atoms with Gasteiger partial charge in [0.1, 0.15) is 0 Å². The van der Waals surface area contributed by atoms with Gasteiger partial charge in [-0.05, 0) is 56.6 Å². The highest BCUT2D eigenvalue weighted by molar-refractivity contribution is 7.89. The lowest BCUT2D eigenvalue weighted by Gasteiger charge is -2.34. The molecule has 0 bridgehead atoms. The summed E-state index contributed by atoms with van der Waals surface area (Å²) in [4.78, 5) is 17.7. The van der Waals surface area contributed by atoms with Crippen molar-refractivity contribution in [3.8, 4) is 0 Å².